The van der Waals surface area contributed by atoms with Crippen LogP contribution in [0, 0.1) is 6.92 Å². The molecule has 168 valence electrons. The smallest absolute Gasteiger partial charge is 0.191 e. The van der Waals surface area contributed by atoms with Crippen molar-refractivity contribution in [3.05, 3.63) is 78.4 Å². The van der Waals surface area contributed by atoms with Gasteiger partial charge in [0.05, 0.1) is 29.0 Å². The van der Waals surface area contributed by atoms with Gasteiger partial charge in [-0.2, -0.15) is 5.10 Å². The zero-order valence-electron chi connectivity index (χ0n) is 18.5. The van der Waals surface area contributed by atoms with Crippen LogP contribution in [-0.4, -0.2) is 38.4 Å². The first-order valence-corrected chi connectivity index (χ1v) is 10.8. The molecule has 4 aromatic rings. The number of nitrogens with one attached hydrogen (secondary N) is 2. The molecule has 0 spiro atoms. The van der Waals surface area contributed by atoms with E-state index in [9.17, 15) is 0 Å². The van der Waals surface area contributed by atoms with Crippen LogP contribution in [0.3, 0.4) is 0 Å². The number of fused-ring (bicyclic) bond motifs is 1. The molecule has 0 atom stereocenters. The van der Waals surface area contributed by atoms with Crippen LogP contribution in [0.1, 0.15) is 24.9 Å². The Morgan fingerprint density at radius 1 is 1.00 bits per heavy atom. The maximum atomic E-state index is 4.69. The van der Waals surface area contributed by atoms with Crippen molar-refractivity contribution in [3.8, 4) is 5.69 Å². The molecule has 2 aromatic heterocycles. The van der Waals surface area contributed by atoms with Crippen LogP contribution < -0.4 is 10.6 Å². The van der Waals surface area contributed by atoms with Gasteiger partial charge in [0.25, 0.3) is 0 Å². The third kappa shape index (κ3) is 5.87. The Morgan fingerprint density at radius 3 is 2.59 bits per heavy atom. The molecule has 0 aliphatic carbocycles. The SMILES string of the molecule is CCNC(=NCc1ccn(-c2ccccc2)n1)NCCCn1c(C)nc2ccccc21.I. The van der Waals surface area contributed by atoms with Crippen LogP contribution in [0.2, 0.25) is 0 Å². The number of para-hydroxylation sites is 3. The summed E-state index contributed by atoms with van der Waals surface area (Å²) in [7, 11) is 0. The number of guanidine groups is 1. The highest BCUT2D eigenvalue weighted by atomic mass is 127. The fraction of sp³-hybridized carbons (Fsp3) is 0.292. The Morgan fingerprint density at radius 2 is 1.78 bits per heavy atom. The molecule has 32 heavy (non-hydrogen) atoms. The minimum Gasteiger partial charge on any atom is -0.357 e. The van der Waals surface area contributed by atoms with Crippen LogP contribution in [-0.2, 0) is 13.1 Å². The van der Waals surface area contributed by atoms with Gasteiger partial charge in [-0.3, -0.25) is 0 Å². The van der Waals surface area contributed by atoms with Crippen molar-refractivity contribution in [3.63, 3.8) is 0 Å². The lowest BCUT2D eigenvalue weighted by Gasteiger charge is -2.12. The van der Waals surface area contributed by atoms with E-state index in [0.717, 1.165) is 54.7 Å². The number of aryl methyl sites for hydroxylation is 2. The summed E-state index contributed by atoms with van der Waals surface area (Å²) in [6.07, 6.45) is 2.95. The van der Waals surface area contributed by atoms with Gasteiger partial charge in [-0.15, -0.1) is 24.0 Å². The second-order valence-electron chi connectivity index (χ2n) is 7.36. The molecular formula is C24H30IN7. The minimum absolute atomic E-state index is 0. The molecule has 0 fully saturated rings. The summed E-state index contributed by atoms with van der Waals surface area (Å²) in [4.78, 5) is 9.33. The quantitative estimate of drug-likeness (QED) is 0.151. The van der Waals surface area contributed by atoms with E-state index in [1.807, 2.05) is 53.3 Å². The molecule has 7 nitrogen and oxygen atoms in total. The van der Waals surface area contributed by atoms with Gasteiger partial charge in [0.2, 0.25) is 0 Å². The van der Waals surface area contributed by atoms with Crippen molar-refractivity contribution in [2.45, 2.75) is 33.4 Å². The molecule has 0 saturated heterocycles. The van der Waals surface area contributed by atoms with Crippen LogP contribution in [0.5, 0.6) is 0 Å². The molecule has 8 heteroatoms. The van der Waals surface area contributed by atoms with Gasteiger partial charge >= 0.3 is 0 Å². The largest absolute Gasteiger partial charge is 0.357 e. The second kappa shape index (κ2) is 11.7. The fourth-order valence-electron chi connectivity index (χ4n) is 3.59. The normalized spacial score (nSPS) is 11.4. The molecule has 2 heterocycles. The maximum Gasteiger partial charge on any atom is 0.191 e. The zero-order valence-corrected chi connectivity index (χ0v) is 20.9. The Kier molecular flexibility index (Phi) is 8.66. The van der Waals surface area contributed by atoms with E-state index in [4.69, 9.17) is 4.99 Å². The van der Waals surface area contributed by atoms with Crippen LogP contribution in [0.15, 0.2) is 71.9 Å². The number of hydrogen-bond acceptors (Lipinski definition) is 3. The summed E-state index contributed by atoms with van der Waals surface area (Å²) in [6, 6.07) is 20.4. The van der Waals surface area contributed by atoms with Gasteiger partial charge in [0, 0.05) is 25.8 Å². The number of aromatic nitrogens is 4. The third-order valence-corrected chi connectivity index (χ3v) is 5.10. The van der Waals surface area contributed by atoms with E-state index >= 15 is 0 Å². The highest BCUT2D eigenvalue weighted by Gasteiger charge is 2.06. The number of rotatable bonds is 8. The highest BCUT2D eigenvalue weighted by molar-refractivity contribution is 14.0. The number of halogens is 1. The molecule has 2 N–H and O–H groups in total. The van der Waals surface area contributed by atoms with Crippen molar-refractivity contribution in [1.82, 2.24) is 30.0 Å². The molecule has 0 bridgehead atoms. The first-order chi connectivity index (χ1) is 15.2. The van der Waals surface area contributed by atoms with Crippen molar-refractivity contribution < 1.29 is 0 Å². The van der Waals surface area contributed by atoms with E-state index in [2.05, 4.69) is 57.3 Å². The van der Waals surface area contributed by atoms with E-state index in [-0.39, 0.29) is 24.0 Å². The third-order valence-electron chi connectivity index (χ3n) is 5.10. The molecule has 0 unspecified atom stereocenters. The molecule has 0 amide bonds. The molecule has 4 rings (SSSR count). The molecule has 0 aliphatic heterocycles. The molecule has 0 saturated carbocycles. The zero-order chi connectivity index (χ0) is 21.5. The molecular weight excluding hydrogens is 513 g/mol. The standard InChI is InChI=1S/C24H29N7.HI/c1-3-25-24(27-18-20-14-17-31(29-20)21-10-5-4-6-11-21)26-15-9-16-30-19(2)28-22-12-7-8-13-23(22)30;/h4-8,10-14,17H,3,9,15-16,18H2,1-2H3,(H2,25,26,27);1H. The number of hydrogen-bond donors (Lipinski definition) is 2. The van der Waals surface area contributed by atoms with Crippen molar-refractivity contribution in [1.29, 1.82) is 0 Å². The Bertz CT molecular complexity index is 1150. The predicted molar refractivity (Wildman–Crippen MR) is 141 cm³/mol. The maximum absolute atomic E-state index is 4.69. The van der Waals surface area contributed by atoms with Gasteiger partial charge in [-0.25, -0.2) is 14.7 Å². The Balaban J connectivity index is 0.00000289. The lowest BCUT2D eigenvalue weighted by atomic mass is 10.3. The summed E-state index contributed by atoms with van der Waals surface area (Å²) in [5.74, 6) is 1.86. The van der Waals surface area contributed by atoms with E-state index in [1.54, 1.807) is 0 Å². The van der Waals surface area contributed by atoms with E-state index < -0.39 is 0 Å². The van der Waals surface area contributed by atoms with Crippen LogP contribution in [0.4, 0.5) is 0 Å². The average molecular weight is 543 g/mol. The van der Waals surface area contributed by atoms with Gasteiger partial charge < -0.3 is 15.2 Å². The van der Waals surface area contributed by atoms with Gasteiger partial charge in [-0.05, 0) is 50.6 Å². The minimum atomic E-state index is 0. The summed E-state index contributed by atoms with van der Waals surface area (Å²) >= 11 is 0. The van der Waals surface area contributed by atoms with Gasteiger partial charge in [-0.1, -0.05) is 30.3 Å². The molecule has 0 aliphatic rings. The number of imidazole rings is 1. The number of aliphatic imine (C=N–C) groups is 1. The average Bonchev–Trinajstić information content (AvgIpc) is 3.39. The van der Waals surface area contributed by atoms with Crippen LogP contribution in [0.25, 0.3) is 16.7 Å². The summed E-state index contributed by atoms with van der Waals surface area (Å²) in [5, 5.41) is 11.4. The summed E-state index contributed by atoms with van der Waals surface area (Å²) < 4.78 is 4.15. The Hall–Kier alpha value is -2.88. The Labute approximate surface area is 206 Å². The van der Waals surface area contributed by atoms with E-state index in [1.165, 1.54) is 5.52 Å². The lowest BCUT2D eigenvalue weighted by molar-refractivity contribution is 0.624. The van der Waals surface area contributed by atoms with Crippen LogP contribution >= 0.6 is 24.0 Å². The molecule has 0 radical (unpaired) electrons. The molecule has 2 aromatic carbocycles. The number of nitrogens with zero attached hydrogens (tertiary/aromatic N) is 5. The highest BCUT2D eigenvalue weighted by Crippen LogP contribution is 2.15. The topological polar surface area (TPSA) is 72.1 Å². The van der Waals surface area contributed by atoms with Crippen molar-refractivity contribution >= 4 is 41.0 Å². The summed E-state index contributed by atoms with van der Waals surface area (Å²) in [6.45, 7) is 7.22. The summed E-state index contributed by atoms with van der Waals surface area (Å²) in [5.41, 5.74) is 4.22. The lowest BCUT2D eigenvalue weighted by Crippen LogP contribution is -2.38. The fourth-order valence-corrected chi connectivity index (χ4v) is 3.59. The van der Waals surface area contributed by atoms with E-state index in [0.29, 0.717) is 6.54 Å². The van der Waals surface area contributed by atoms with Gasteiger partial charge in [0.1, 0.15) is 5.82 Å². The monoisotopic (exact) mass is 543 g/mol. The first kappa shape index (κ1) is 23.8. The van der Waals surface area contributed by atoms with Gasteiger partial charge in [0.15, 0.2) is 5.96 Å². The second-order valence-corrected chi connectivity index (χ2v) is 7.36. The first-order valence-electron chi connectivity index (χ1n) is 10.8. The van der Waals surface area contributed by atoms with Crippen molar-refractivity contribution in [2.75, 3.05) is 13.1 Å². The van der Waals surface area contributed by atoms with Crippen molar-refractivity contribution in [2.24, 2.45) is 4.99 Å². The number of benzene rings is 2. The predicted octanol–water partition coefficient (Wildman–Crippen LogP) is 4.29.